The fraction of sp³-hybridized carbons (Fsp3) is 0.357. The summed E-state index contributed by atoms with van der Waals surface area (Å²) in [6.45, 7) is 0.694. The molecule has 0 atom stereocenters. The first kappa shape index (κ1) is 12.2. The van der Waals surface area contributed by atoms with E-state index in [0.717, 1.165) is 5.69 Å². The Kier molecular flexibility index (Phi) is 3.21. The molecule has 1 aliphatic rings. The third-order valence-electron chi connectivity index (χ3n) is 3.19. The molecule has 0 amide bonds. The van der Waals surface area contributed by atoms with Crippen molar-refractivity contribution in [1.82, 2.24) is 10.3 Å². The molecule has 0 bridgehead atoms. The maximum Gasteiger partial charge on any atom is 0.301 e. The number of nitrogens with zero attached hydrogens (tertiary/aromatic N) is 2. The van der Waals surface area contributed by atoms with E-state index in [0.29, 0.717) is 24.3 Å². The molecule has 0 radical (unpaired) electrons. The molecule has 1 aromatic heterocycles. The number of nitrogens with one attached hydrogen (secondary N) is 1. The first-order valence-electron chi connectivity index (χ1n) is 6.40. The average Bonchev–Trinajstić information content (AvgIpc) is 3.13. The van der Waals surface area contributed by atoms with Crippen molar-refractivity contribution in [2.75, 3.05) is 11.9 Å². The number of benzene rings is 1. The molecule has 1 N–H and O–H groups in total. The van der Waals surface area contributed by atoms with Gasteiger partial charge in [-0.3, -0.25) is 4.90 Å². The number of halogens is 1. The van der Waals surface area contributed by atoms with Crippen LogP contribution in [0.2, 0.25) is 0 Å². The average molecular weight is 261 g/mol. The molecular formula is C14H16FN3O. The largest absolute Gasteiger partial charge is 0.431 e. The molecule has 1 saturated carbocycles. The van der Waals surface area contributed by atoms with Crippen LogP contribution in [0.3, 0.4) is 0 Å². The van der Waals surface area contributed by atoms with Crippen LogP contribution in [0.25, 0.3) is 0 Å². The highest BCUT2D eigenvalue weighted by Crippen LogP contribution is 2.25. The van der Waals surface area contributed by atoms with Gasteiger partial charge in [0.2, 0.25) is 0 Å². The van der Waals surface area contributed by atoms with E-state index >= 15 is 0 Å². The van der Waals surface area contributed by atoms with Gasteiger partial charge in [0, 0.05) is 19.6 Å². The van der Waals surface area contributed by atoms with Crippen molar-refractivity contribution in [1.29, 1.82) is 0 Å². The molecule has 1 heterocycles. The number of hydrogen-bond acceptors (Lipinski definition) is 4. The van der Waals surface area contributed by atoms with E-state index < -0.39 is 0 Å². The second-order valence-electron chi connectivity index (χ2n) is 4.79. The van der Waals surface area contributed by atoms with Gasteiger partial charge in [0.25, 0.3) is 0 Å². The molecular weight excluding hydrogens is 245 g/mol. The van der Waals surface area contributed by atoms with Gasteiger partial charge in [-0.1, -0.05) is 12.1 Å². The van der Waals surface area contributed by atoms with E-state index in [1.165, 1.54) is 18.9 Å². The van der Waals surface area contributed by atoms with E-state index in [9.17, 15) is 4.39 Å². The van der Waals surface area contributed by atoms with Crippen LogP contribution in [0.1, 0.15) is 18.5 Å². The summed E-state index contributed by atoms with van der Waals surface area (Å²) in [6.07, 6.45) is 4.09. The zero-order valence-corrected chi connectivity index (χ0v) is 10.8. The van der Waals surface area contributed by atoms with Crippen LogP contribution >= 0.6 is 0 Å². The van der Waals surface area contributed by atoms with E-state index in [-0.39, 0.29) is 5.82 Å². The highest BCUT2D eigenvalue weighted by Gasteiger charge is 2.21. The number of anilines is 2. The van der Waals surface area contributed by atoms with Crippen molar-refractivity contribution in [3.8, 4) is 0 Å². The molecule has 100 valence electrons. The Labute approximate surface area is 111 Å². The lowest BCUT2D eigenvalue weighted by Crippen LogP contribution is -2.16. The van der Waals surface area contributed by atoms with Crippen LogP contribution in [0.15, 0.2) is 34.9 Å². The molecule has 0 unspecified atom stereocenters. The van der Waals surface area contributed by atoms with Gasteiger partial charge in [0.1, 0.15) is 12.1 Å². The lowest BCUT2D eigenvalue weighted by atomic mass is 10.3. The standard InChI is InChI=1S/C14H16FN3O/c1-18(13-5-3-2-4-12(13)15)14-17-11(9-19-14)8-16-10-6-7-10/h2-5,9-10,16H,6-8H2,1H3. The molecule has 1 fully saturated rings. The smallest absolute Gasteiger partial charge is 0.301 e. The lowest BCUT2D eigenvalue weighted by molar-refractivity contribution is 0.553. The van der Waals surface area contributed by atoms with Gasteiger partial charge in [0.15, 0.2) is 0 Å². The topological polar surface area (TPSA) is 41.3 Å². The van der Waals surface area contributed by atoms with E-state index in [1.54, 1.807) is 36.4 Å². The first-order valence-corrected chi connectivity index (χ1v) is 6.40. The minimum absolute atomic E-state index is 0.291. The molecule has 1 aliphatic carbocycles. The predicted molar refractivity (Wildman–Crippen MR) is 70.8 cm³/mol. The van der Waals surface area contributed by atoms with Gasteiger partial charge < -0.3 is 9.73 Å². The summed E-state index contributed by atoms with van der Waals surface area (Å²) in [5.41, 5.74) is 1.29. The van der Waals surface area contributed by atoms with Gasteiger partial charge in [0.05, 0.1) is 11.4 Å². The Hall–Kier alpha value is -1.88. The normalized spacial score (nSPS) is 14.6. The number of hydrogen-bond donors (Lipinski definition) is 1. The van der Waals surface area contributed by atoms with Crippen molar-refractivity contribution in [3.63, 3.8) is 0 Å². The monoisotopic (exact) mass is 261 g/mol. The van der Waals surface area contributed by atoms with Crippen molar-refractivity contribution < 1.29 is 8.81 Å². The Balaban J connectivity index is 1.72. The number of oxazole rings is 1. The van der Waals surface area contributed by atoms with Gasteiger partial charge >= 0.3 is 6.01 Å². The predicted octanol–water partition coefficient (Wildman–Crippen LogP) is 2.83. The van der Waals surface area contributed by atoms with Crippen LogP contribution in [0.4, 0.5) is 16.1 Å². The summed E-state index contributed by atoms with van der Waals surface area (Å²) in [4.78, 5) is 5.96. The Morgan fingerprint density at radius 2 is 2.21 bits per heavy atom. The van der Waals surface area contributed by atoms with Gasteiger partial charge in [-0.05, 0) is 25.0 Å². The van der Waals surface area contributed by atoms with E-state index in [2.05, 4.69) is 10.3 Å². The molecule has 2 aromatic rings. The van der Waals surface area contributed by atoms with E-state index in [1.807, 2.05) is 0 Å². The number of aromatic nitrogens is 1. The Morgan fingerprint density at radius 1 is 1.42 bits per heavy atom. The molecule has 3 rings (SSSR count). The Morgan fingerprint density at radius 3 is 2.95 bits per heavy atom. The molecule has 19 heavy (non-hydrogen) atoms. The second kappa shape index (κ2) is 5.01. The van der Waals surface area contributed by atoms with Crippen LogP contribution < -0.4 is 10.2 Å². The third-order valence-corrected chi connectivity index (χ3v) is 3.19. The number of para-hydroxylation sites is 1. The summed E-state index contributed by atoms with van der Waals surface area (Å²) in [7, 11) is 1.74. The SMILES string of the molecule is CN(c1nc(CNC2CC2)co1)c1ccccc1F. The zero-order chi connectivity index (χ0) is 13.2. The third kappa shape index (κ3) is 2.76. The van der Waals surface area contributed by atoms with E-state index in [4.69, 9.17) is 4.42 Å². The fourth-order valence-electron chi connectivity index (χ4n) is 1.89. The molecule has 1 aromatic carbocycles. The van der Waals surface area contributed by atoms with Crippen LogP contribution in [0.5, 0.6) is 0 Å². The summed E-state index contributed by atoms with van der Waals surface area (Å²) >= 11 is 0. The minimum atomic E-state index is -0.291. The Bertz CT molecular complexity index is 565. The van der Waals surface area contributed by atoms with Gasteiger partial charge in [-0.25, -0.2) is 4.39 Å². The van der Waals surface area contributed by atoms with Crippen molar-refractivity contribution in [3.05, 3.63) is 42.0 Å². The fourth-order valence-corrected chi connectivity index (χ4v) is 1.89. The summed E-state index contributed by atoms with van der Waals surface area (Å²) in [5.74, 6) is -0.291. The van der Waals surface area contributed by atoms with Crippen LogP contribution in [0, 0.1) is 5.82 Å². The van der Waals surface area contributed by atoms with Gasteiger partial charge in [-0.15, -0.1) is 0 Å². The minimum Gasteiger partial charge on any atom is -0.431 e. The maximum atomic E-state index is 13.7. The molecule has 0 aliphatic heterocycles. The summed E-state index contributed by atoms with van der Waals surface area (Å²) in [5, 5.41) is 3.36. The molecule has 5 heteroatoms. The summed E-state index contributed by atoms with van der Waals surface area (Å²) < 4.78 is 19.1. The quantitative estimate of drug-likeness (QED) is 0.898. The lowest BCUT2D eigenvalue weighted by Gasteiger charge is -2.14. The highest BCUT2D eigenvalue weighted by atomic mass is 19.1. The second-order valence-corrected chi connectivity index (χ2v) is 4.79. The van der Waals surface area contributed by atoms with Crippen LogP contribution in [-0.2, 0) is 6.54 Å². The molecule has 0 saturated heterocycles. The van der Waals surface area contributed by atoms with Gasteiger partial charge in [-0.2, -0.15) is 4.98 Å². The maximum absolute atomic E-state index is 13.7. The van der Waals surface area contributed by atoms with Crippen LogP contribution in [-0.4, -0.2) is 18.1 Å². The zero-order valence-electron chi connectivity index (χ0n) is 10.8. The molecule has 4 nitrogen and oxygen atoms in total. The van der Waals surface area contributed by atoms with Crippen molar-refractivity contribution in [2.45, 2.75) is 25.4 Å². The van der Waals surface area contributed by atoms with Crippen molar-refractivity contribution in [2.24, 2.45) is 0 Å². The molecule has 0 spiro atoms. The number of rotatable bonds is 5. The van der Waals surface area contributed by atoms with Crippen molar-refractivity contribution >= 4 is 11.7 Å². The highest BCUT2D eigenvalue weighted by molar-refractivity contribution is 5.55. The summed E-state index contributed by atoms with van der Waals surface area (Å²) in [6, 6.07) is 7.59. The first-order chi connectivity index (χ1) is 9.24.